The number of ether oxygens (including phenoxy) is 1. The van der Waals surface area contributed by atoms with E-state index in [1.165, 1.54) is 25.2 Å². The first-order valence-corrected chi connectivity index (χ1v) is 9.45. The van der Waals surface area contributed by atoms with Crippen molar-refractivity contribution in [2.24, 2.45) is 0 Å². The third-order valence-corrected chi connectivity index (χ3v) is 4.70. The lowest BCUT2D eigenvalue weighted by Gasteiger charge is -2.30. The molecule has 0 heterocycles. The summed E-state index contributed by atoms with van der Waals surface area (Å²) < 4.78 is 58.6. The van der Waals surface area contributed by atoms with Crippen LogP contribution in [-0.2, 0) is 10.9 Å². The number of alkyl halides is 3. The Kier molecular flexibility index (Phi) is 7.47. The summed E-state index contributed by atoms with van der Waals surface area (Å²) in [5.41, 5.74) is -4.90. The van der Waals surface area contributed by atoms with Crippen LogP contribution in [0.3, 0.4) is 0 Å². The molecular formula is C18H17F4IN2O5. The van der Waals surface area contributed by atoms with Crippen LogP contribution in [0.25, 0.3) is 0 Å². The largest absolute Gasteiger partial charge is 0.494 e. The number of aliphatic hydroxyl groups is 2. The number of anilines is 1. The van der Waals surface area contributed by atoms with Gasteiger partial charge < -0.3 is 20.3 Å². The maximum absolute atomic E-state index is 13.4. The average molecular weight is 544 g/mol. The third kappa shape index (κ3) is 6.40. The van der Waals surface area contributed by atoms with Gasteiger partial charge in [0.1, 0.15) is 29.4 Å². The SMILES string of the molecule is C[C@](O)(COC1=CC=C(F)C=C(I)C1)C(O)Nc1ccc([N+](=O)[O-])c(C(F)(F)F)c1. The number of nitrogens with zero attached hydrogens (tertiary/aromatic N) is 1. The highest BCUT2D eigenvalue weighted by atomic mass is 127. The van der Waals surface area contributed by atoms with Gasteiger partial charge in [-0.3, -0.25) is 10.1 Å². The molecule has 1 aliphatic carbocycles. The van der Waals surface area contributed by atoms with Crippen LogP contribution in [0.2, 0.25) is 0 Å². The molecule has 1 aliphatic rings. The van der Waals surface area contributed by atoms with Crippen molar-refractivity contribution in [1.82, 2.24) is 0 Å². The van der Waals surface area contributed by atoms with E-state index in [-0.39, 0.29) is 12.1 Å². The number of aliphatic hydroxyl groups excluding tert-OH is 1. The molecule has 0 bridgehead atoms. The van der Waals surface area contributed by atoms with Gasteiger partial charge >= 0.3 is 6.18 Å². The van der Waals surface area contributed by atoms with E-state index in [4.69, 9.17) is 4.74 Å². The Balaban J connectivity index is 2.12. The highest BCUT2D eigenvalue weighted by Crippen LogP contribution is 2.38. The van der Waals surface area contributed by atoms with Crippen LogP contribution >= 0.6 is 22.6 Å². The smallest absolute Gasteiger partial charge is 0.423 e. The van der Waals surface area contributed by atoms with Crippen molar-refractivity contribution in [2.75, 3.05) is 11.9 Å². The summed E-state index contributed by atoms with van der Waals surface area (Å²) in [5, 5.41) is 33.7. The number of benzene rings is 1. The molecule has 3 N–H and O–H groups in total. The van der Waals surface area contributed by atoms with Gasteiger partial charge in [0.2, 0.25) is 0 Å². The highest BCUT2D eigenvalue weighted by molar-refractivity contribution is 14.1. The normalized spacial score (nSPS) is 17.7. The number of nitrogens with one attached hydrogen (secondary N) is 1. The molecular weight excluding hydrogens is 527 g/mol. The fourth-order valence-corrected chi connectivity index (χ4v) is 3.06. The van der Waals surface area contributed by atoms with Crippen molar-refractivity contribution >= 4 is 34.0 Å². The van der Waals surface area contributed by atoms with Crippen molar-refractivity contribution in [3.63, 3.8) is 0 Å². The lowest BCUT2D eigenvalue weighted by atomic mass is 10.1. The van der Waals surface area contributed by atoms with E-state index in [1.807, 2.05) is 22.6 Å². The van der Waals surface area contributed by atoms with E-state index in [9.17, 15) is 37.9 Å². The number of nitro benzene ring substituents is 1. The Morgan fingerprint density at radius 2 is 2.03 bits per heavy atom. The molecule has 164 valence electrons. The maximum atomic E-state index is 13.4. The van der Waals surface area contributed by atoms with Crippen LogP contribution in [0.1, 0.15) is 18.9 Å². The minimum absolute atomic E-state index is 0.251. The molecule has 0 saturated heterocycles. The first-order valence-electron chi connectivity index (χ1n) is 8.37. The summed E-state index contributed by atoms with van der Waals surface area (Å²) in [4.78, 5) is 9.64. The molecule has 0 spiro atoms. The van der Waals surface area contributed by atoms with E-state index in [1.54, 1.807) is 0 Å². The second-order valence-corrected chi connectivity index (χ2v) is 8.02. The predicted octanol–water partition coefficient (Wildman–Crippen LogP) is 4.57. The lowest BCUT2D eigenvalue weighted by Crippen LogP contribution is -2.48. The summed E-state index contributed by atoms with van der Waals surface area (Å²) in [6.07, 6.45) is -2.70. The molecule has 2 atom stereocenters. The van der Waals surface area contributed by atoms with Gasteiger partial charge in [-0.2, -0.15) is 13.2 Å². The van der Waals surface area contributed by atoms with Crippen LogP contribution in [0.4, 0.5) is 28.9 Å². The zero-order chi connectivity index (χ0) is 22.7. The Hall–Kier alpha value is -2.19. The van der Waals surface area contributed by atoms with Crippen LogP contribution in [0, 0.1) is 10.1 Å². The van der Waals surface area contributed by atoms with E-state index < -0.39 is 46.6 Å². The van der Waals surface area contributed by atoms with Crippen molar-refractivity contribution in [3.8, 4) is 0 Å². The molecule has 0 fully saturated rings. The molecule has 0 aromatic heterocycles. The Labute approximate surface area is 182 Å². The van der Waals surface area contributed by atoms with E-state index >= 15 is 0 Å². The van der Waals surface area contributed by atoms with Gasteiger partial charge in [0.25, 0.3) is 5.69 Å². The molecule has 0 aliphatic heterocycles. The summed E-state index contributed by atoms with van der Waals surface area (Å²) in [7, 11) is 0. The van der Waals surface area contributed by atoms with Gasteiger partial charge in [0.05, 0.1) is 4.92 Å². The highest BCUT2D eigenvalue weighted by Gasteiger charge is 2.39. The third-order valence-electron chi connectivity index (χ3n) is 4.01. The number of hydrogen-bond donors (Lipinski definition) is 3. The lowest BCUT2D eigenvalue weighted by molar-refractivity contribution is -0.388. The fourth-order valence-electron chi connectivity index (χ4n) is 2.39. The fraction of sp³-hybridized carbons (Fsp3) is 0.333. The molecule has 7 nitrogen and oxygen atoms in total. The summed E-state index contributed by atoms with van der Waals surface area (Å²) in [5.74, 6) is -0.171. The first-order chi connectivity index (χ1) is 13.8. The van der Waals surface area contributed by atoms with Gasteiger partial charge in [-0.15, -0.1) is 0 Å². The second kappa shape index (κ2) is 9.31. The van der Waals surface area contributed by atoms with Crippen LogP contribution in [0.5, 0.6) is 0 Å². The summed E-state index contributed by atoms with van der Waals surface area (Å²) >= 11 is 1.91. The number of rotatable bonds is 7. The van der Waals surface area contributed by atoms with Crippen LogP contribution < -0.4 is 5.32 Å². The Morgan fingerprint density at radius 1 is 1.37 bits per heavy atom. The molecule has 1 aromatic carbocycles. The van der Waals surface area contributed by atoms with E-state index in [0.717, 1.165) is 6.07 Å². The molecule has 1 aromatic rings. The molecule has 12 heteroatoms. The second-order valence-electron chi connectivity index (χ2n) is 6.63. The quantitative estimate of drug-likeness (QED) is 0.153. The van der Waals surface area contributed by atoms with Gasteiger partial charge in [0.15, 0.2) is 6.23 Å². The van der Waals surface area contributed by atoms with E-state index in [2.05, 4.69) is 5.32 Å². The minimum atomic E-state index is -4.99. The number of allylic oxidation sites excluding steroid dienone is 5. The maximum Gasteiger partial charge on any atom is 0.423 e. The van der Waals surface area contributed by atoms with E-state index in [0.29, 0.717) is 21.5 Å². The van der Waals surface area contributed by atoms with Gasteiger partial charge in [-0.25, -0.2) is 4.39 Å². The topological polar surface area (TPSA) is 105 Å². The standard InChI is InChI=1S/C18H17F4IN2O5/c1-17(27,9-30-13-4-2-10(19)6-11(23)7-13)16(26)24-12-3-5-15(25(28)29)14(8-12)18(20,21)22/h2-6,8,16,24,26-27H,7,9H2,1H3/t16?,17-/m0/s1. The molecule has 30 heavy (non-hydrogen) atoms. The van der Waals surface area contributed by atoms with Crippen LogP contribution in [0.15, 0.2) is 51.6 Å². The first kappa shape index (κ1) is 24.1. The molecule has 0 saturated carbocycles. The number of hydrogen-bond acceptors (Lipinski definition) is 6. The summed E-state index contributed by atoms with van der Waals surface area (Å²) in [6, 6.07) is 2.09. The van der Waals surface area contributed by atoms with Crippen molar-refractivity contribution in [3.05, 3.63) is 67.3 Å². The van der Waals surface area contributed by atoms with Crippen LogP contribution in [-0.4, -0.2) is 33.6 Å². The number of nitro groups is 1. The van der Waals surface area contributed by atoms with Crippen molar-refractivity contribution in [1.29, 1.82) is 0 Å². The number of halogens is 5. The predicted molar refractivity (Wildman–Crippen MR) is 108 cm³/mol. The molecule has 2 rings (SSSR count). The average Bonchev–Trinajstić information content (AvgIpc) is 2.79. The summed E-state index contributed by atoms with van der Waals surface area (Å²) in [6.45, 7) is 0.709. The Bertz CT molecular complexity index is 912. The van der Waals surface area contributed by atoms with Gasteiger partial charge in [-0.1, -0.05) is 0 Å². The monoisotopic (exact) mass is 544 g/mol. The molecule has 0 radical (unpaired) electrons. The Morgan fingerprint density at radius 3 is 2.63 bits per heavy atom. The van der Waals surface area contributed by atoms with Gasteiger partial charge in [0, 0.05) is 21.8 Å². The zero-order valence-corrected chi connectivity index (χ0v) is 17.6. The van der Waals surface area contributed by atoms with Crippen molar-refractivity contribution < 1.29 is 37.4 Å². The zero-order valence-electron chi connectivity index (χ0n) is 15.4. The minimum Gasteiger partial charge on any atom is -0.494 e. The van der Waals surface area contributed by atoms with Gasteiger partial charge in [-0.05, 0) is 59.9 Å². The van der Waals surface area contributed by atoms with Crippen molar-refractivity contribution in [2.45, 2.75) is 31.3 Å². The molecule has 0 amide bonds. The molecule has 1 unspecified atom stereocenters.